The predicted molar refractivity (Wildman–Crippen MR) is 113 cm³/mol. The molecule has 1 saturated heterocycles. The van der Waals surface area contributed by atoms with Gasteiger partial charge < -0.3 is 5.11 Å². The third-order valence-corrected chi connectivity index (χ3v) is 4.33. The van der Waals surface area contributed by atoms with Crippen molar-refractivity contribution in [2.24, 2.45) is 5.10 Å². The van der Waals surface area contributed by atoms with Gasteiger partial charge in [0, 0.05) is 38.3 Å². The lowest BCUT2D eigenvalue weighted by molar-refractivity contribution is -0.122. The molecule has 0 aromatic heterocycles. The van der Waals surface area contributed by atoms with Crippen LogP contribution in [-0.2, 0) is 4.79 Å². The van der Waals surface area contributed by atoms with Crippen LogP contribution >= 0.6 is 0 Å². The third-order valence-electron chi connectivity index (χ3n) is 4.33. The first-order valence-electron chi connectivity index (χ1n) is 9.26. The van der Waals surface area contributed by atoms with E-state index in [2.05, 4.69) is 39.1 Å². The fourth-order valence-electron chi connectivity index (χ4n) is 2.66. The molecule has 1 amide bonds. The quantitative estimate of drug-likeness (QED) is 0.283. The first-order valence-corrected chi connectivity index (χ1v) is 9.26. The summed E-state index contributed by atoms with van der Waals surface area (Å²) < 4.78 is 0. The molecule has 1 aliphatic heterocycles. The summed E-state index contributed by atoms with van der Waals surface area (Å²) in [6.45, 7) is 14.0. The van der Waals surface area contributed by atoms with Crippen LogP contribution in [0.25, 0.3) is 0 Å². The molecule has 6 heteroatoms. The normalized spacial score (nSPS) is 18.4. The Balaban J connectivity index is 2.38. The van der Waals surface area contributed by atoms with E-state index >= 15 is 0 Å². The molecule has 0 aromatic carbocycles. The van der Waals surface area contributed by atoms with Gasteiger partial charge in [0.25, 0.3) is 5.91 Å². The molecule has 0 bridgehead atoms. The van der Waals surface area contributed by atoms with Crippen molar-refractivity contribution in [2.45, 2.75) is 20.8 Å². The number of piperazine rings is 1. The van der Waals surface area contributed by atoms with E-state index in [-0.39, 0.29) is 11.7 Å². The fraction of sp³-hybridized carbons (Fsp3) is 0.429. The molecule has 0 radical (unpaired) electrons. The SMILES string of the molecule is C=C/C=C\C(=C/C)CN1CCN(CC(=O)N/N=C/C(=C/C)C(/O)=C\C)CC1. The number of amides is 1. The van der Waals surface area contributed by atoms with Crippen molar-refractivity contribution >= 4 is 12.1 Å². The Morgan fingerprint density at radius 2 is 1.70 bits per heavy atom. The number of nitrogens with one attached hydrogen (secondary N) is 1. The fourth-order valence-corrected chi connectivity index (χ4v) is 2.66. The molecule has 0 atom stereocenters. The van der Waals surface area contributed by atoms with Crippen molar-refractivity contribution in [1.29, 1.82) is 0 Å². The predicted octanol–water partition coefficient (Wildman–Crippen LogP) is 2.80. The molecule has 27 heavy (non-hydrogen) atoms. The van der Waals surface area contributed by atoms with E-state index in [1.54, 1.807) is 32.1 Å². The zero-order chi connectivity index (χ0) is 20.1. The van der Waals surface area contributed by atoms with E-state index < -0.39 is 0 Å². The highest BCUT2D eigenvalue weighted by molar-refractivity contribution is 5.85. The van der Waals surface area contributed by atoms with Crippen LogP contribution in [0.4, 0.5) is 0 Å². The summed E-state index contributed by atoms with van der Waals surface area (Å²) in [5.74, 6) is -0.0202. The second-order valence-electron chi connectivity index (χ2n) is 6.22. The Kier molecular flexibility index (Phi) is 10.7. The molecule has 6 nitrogen and oxygen atoms in total. The first-order chi connectivity index (χ1) is 13.0. The first kappa shape index (κ1) is 22.6. The maximum Gasteiger partial charge on any atom is 0.254 e. The zero-order valence-electron chi connectivity index (χ0n) is 16.7. The van der Waals surface area contributed by atoms with E-state index in [1.165, 1.54) is 11.8 Å². The lowest BCUT2D eigenvalue weighted by Crippen LogP contribution is -2.49. The molecule has 148 valence electrons. The molecule has 2 N–H and O–H groups in total. The van der Waals surface area contributed by atoms with Crippen LogP contribution in [-0.4, -0.2) is 66.3 Å². The topological polar surface area (TPSA) is 68.2 Å². The van der Waals surface area contributed by atoms with Crippen LogP contribution in [0.3, 0.4) is 0 Å². The maximum atomic E-state index is 12.0. The number of hydrogen-bond acceptors (Lipinski definition) is 5. The van der Waals surface area contributed by atoms with Gasteiger partial charge in [-0.3, -0.25) is 14.6 Å². The van der Waals surface area contributed by atoms with Gasteiger partial charge in [0.1, 0.15) is 5.76 Å². The second-order valence-corrected chi connectivity index (χ2v) is 6.22. The summed E-state index contributed by atoms with van der Waals surface area (Å²) in [5, 5.41) is 13.6. The molecular weight excluding hydrogens is 340 g/mol. The summed E-state index contributed by atoms with van der Waals surface area (Å²) in [7, 11) is 0. The van der Waals surface area contributed by atoms with Crippen LogP contribution < -0.4 is 5.43 Å². The van der Waals surface area contributed by atoms with Gasteiger partial charge in [-0.05, 0) is 32.4 Å². The zero-order valence-corrected chi connectivity index (χ0v) is 16.7. The lowest BCUT2D eigenvalue weighted by atomic mass is 10.2. The van der Waals surface area contributed by atoms with Gasteiger partial charge in [0.15, 0.2) is 0 Å². The Morgan fingerprint density at radius 3 is 2.22 bits per heavy atom. The van der Waals surface area contributed by atoms with Crippen molar-refractivity contribution in [3.8, 4) is 0 Å². The summed E-state index contributed by atoms with van der Waals surface area (Å²) in [6, 6.07) is 0. The third kappa shape index (κ3) is 8.66. The Morgan fingerprint density at radius 1 is 1.07 bits per heavy atom. The van der Waals surface area contributed by atoms with Gasteiger partial charge in [-0.1, -0.05) is 37.0 Å². The van der Waals surface area contributed by atoms with Crippen LogP contribution in [0.1, 0.15) is 20.8 Å². The van der Waals surface area contributed by atoms with Crippen molar-refractivity contribution in [3.63, 3.8) is 0 Å². The van der Waals surface area contributed by atoms with Gasteiger partial charge in [-0.2, -0.15) is 5.10 Å². The van der Waals surface area contributed by atoms with Crippen molar-refractivity contribution < 1.29 is 9.90 Å². The minimum Gasteiger partial charge on any atom is -0.508 e. The highest BCUT2D eigenvalue weighted by Crippen LogP contribution is 2.07. The standard InChI is InChI=1S/C21H32N4O2/c1-5-9-10-18(6-2)16-24-11-13-25(14-12-24)17-21(27)23-22-15-19(7-3)20(26)8-4/h5-10,15,26H,1,11-14,16-17H2,2-4H3,(H,23,27)/b10-9-,18-6+,19-7-,20-8+,22-15+. The van der Waals surface area contributed by atoms with Crippen LogP contribution in [0.15, 0.2) is 65.0 Å². The van der Waals surface area contributed by atoms with E-state index in [9.17, 15) is 9.90 Å². The number of carbonyl (C=O) groups is 1. The summed E-state index contributed by atoms with van der Waals surface area (Å²) >= 11 is 0. The van der Waals surface area contributed by atoms with Crippen LogP contribution in [0.5, 0.6) is 0 Å². The smallest absolute Gasteiger partial charge is 0.254 e. The van der Waals surface area contributed by atoms with Crippen molar-refractivity contribution in [2.75, 3.05) is 39.3 Å². The van der Waals surface area contributed by atoms with E-state index in [0.29, 0.717) is 12.1 Å². The van der Waals surface area contributed by atoms with Gasteiger partial charge >= 0.3 is 0 Å². The number of rotatable bonds is 9. The summed E-state index contributed by atoms with van der Waals surface area (Å²) in [6.07, 6.45) is 12.7. The molecule has 0 unspecified atom stereocenters. The molecule has 0 aromatic rings. The van der Waals surface area contributed by atoms with Gasteiger partial charge in [0.2, 0.25) is 0 Å². The number of allylic oxidation sites excluding steroid dienone is 6. The highest BCUT2D eigenvalue weighted by atomic mass is 16.3. The maximum absolute atomic E-state index is 12.0. The summed E-state index contributed by atoms with van der Waals surface area (Å²) in [5.41, 5.74) is 4.35. The molecule has 0 spiro atoms. The molecule has 0 aliphatic carbocycles. The van der Waals surface area contributed by atoms with E-state index in [1.807, 2.05) is 13.0 Å². The number of aliphatic hydroxyl groups is 1. The largest absolute Gasteiger partial charge is 0.508 e. The number of hydrogen-bond donors (Lipinski definition) is 2. The van der Waals surface area contributed by atoms with Gasteiger partial charge in [-0.25, -0.2) is 5.43 Å². The van der Waals surface area contributed by atoms with Crippen molar-refractivity contribution in [3.05, 3.63) is 59.9 Å². The monoisotopic (exact) mass is 372 g/mol. The second kappa shape index (κ2) is 12.8. The van der Waals surface area contributed by atoms with Gasteiger partial charge in [0.05, 0.1) is 12.8 Å². The summed E-state index contributed by atoms with van der Waals surface area (Å²) in [4.78, 5) is 16.5. The number of nitrogens with zero attached hydrogens (tertiary/aromatic N) is 3. The number of aliphatic hydroxyl groups excluding tert-OH is 1. The molecule has 1 rings (SSSR count). The molecule has 1 fully saturated rings. The Labute approximate surface area is 162 Å². The average Bonchev–Trinajstić information content (AvgIpc) is 2.69. The molecule has 1 aliphatic rings. The number of carbonyl (C=O) groups excluding carboxylic acids is 1. The molecule has 1 heterocycles. The lowest BCUT2D eigenvalue weighted by Gasteiger charge is -2.34. The Bertz CT molecular complexity index is 637. The van der Waals surface area contributed by atoms with Crippen molar-refractivity contribution in [1.82, 2.24) is 15.2 Å². The van der Waals surface area contributed by atoms with Crippen LogP contribution in [0, 0.1) is 0 Å². The Hall–Kier alpha value is -2.44. The molecule has 0 saturated carbocycles. The van der Waals surface area contributed by atoms with E-state index in [0.717, 1.165) is 32.7 Å². The highest BCUT2D eigenvalue weighted by Gasteiger charge is 2.18. The minimum atomic E-state index is -0.154. The van der Waals surface area contributed by atoms with Crippen LogP contribution in [0.2, 0.25) is 0 Å². The van der Waals surface area contributed by atoms with Gasteiger partial charge in [-0.15, -0.1) is 0 Å². The number of hydrazone groups is 1. The van der Waals surface area contributed by atoms with E-state index in [4.69, 9.17) is 0 Å². The molecular formula is C21H32N4O2. The average molecular weight is 373 g/mol. The minimum absolute atomic E-state index is 0.134.